The third-order valence-electron chi connectivity index (χ3n) is 3.11. The largest absolute Gasteiger partial charge is 0.417 e. The monoisotopic (exact) mass is 283 g/mol. The van der Waals surface area contributed by atoms with Gasteiger partial charge in [-0.25, -0.2) is 13.2 Å². The fourth-order valence-electron chi connectivity index (χ4n) is 2.12. The molecule has 0 radical (unpaired) electrons. The van der Waals surface area contributed by atoms with Crippen molar-refractivity contribution in [3.8, 4) is 0 Å². The Kier molecular flexibility index (Phi) is 2.92. The predicted molar refractivity (Wildman–Crippen MR) is 68.5 cm³/mol. The van der Waals surface area contributed by atoms with E-state index in [9.17, 15) is 13.2 Å². The molecule has 3 rings (SSSR count). The van der Waals surface area contributed by atoms with E-state index in [1.807, 2.05) is 0 Å². The second-order valence-electron chi connectivity index (χ2n) is 4.33. The Bertz CT molecular complexity index is 756. The second-order valence-corrected chi connectivity index (χ2v) is 6.26. The minimum atomic E-state index is -3.53. The van der Waals surface area contributed by atoms with Crippen LogP contribution in [-0.4, -0.2) is 43.9 Å². The number of nitrogens with one attached hydrogen (secondary N) is 2. The number of oxazole rings is 1. The average Bonchev–Trinajstić information content (AvgIpc) is 2.78. The molecule has 8 heteroatoms. The third kappa shape index (κ3) is 2.18. The number of rotatable bonds is 2. The van der Waals surface area contributed by atoms with Gasteiger partial charge in [0.2, 0.25) is 10.0 Å². The molecule has 0 aliphatic carbocycles. The SMILES string of the molecule is O=c1[nH]c2ccc(S(=O)(=O)N3CCNCC3)cc2o1. The molecule has 0 spiro atoms. The van der Waals surface area contributed by atoms with E-state index in [1.54, 1.807) is 0 Å². The molecule has 0 amide bonds. The summed E-state index contributed by atoms with van der Waals surface area (Å²) < 4.78 is 31.1. The summed E-state index contributed by atoms with van der Waals surface area (Å²) in [5, 5.41) is 3.10. The molecule has 2 heterocycles. The van der Waals surface area contributed by atoms with Crippen LogP contribution in [0.15, 0.2) is 32.3 Å². The molecule has 0 unspecified atom stereocenters. The summed E-state index contributed by atoms with van der Waals surface area (Å²) in [6.07, 6.45) is 0. The lowest BCUT2D eigenvalue weighted by Gasteiger charge is -2.26. The van der Waals surface area contributed by atoms with Crippen LogP contribution in [0.2, 0.25) is 0 Å². The fourth-order valence-corrected chi connectivity index (χ4v) is 3.58. The molecule has 1 aromatic heterocycles. The van der Waals surface area contributed by atoms with E-state index >= 15 is 0 Å². The molecule has 2 aromatic rings. The summed E-state index contributed by atoms with van der Waals surface area (Å²) in [6.45, 7) is 2.16. The number of fused-ring (bicyclic) bond motifs is 1. The Morgan fingerprint density at radius 2 is 1.95 bits per heavy atom. The normalized spacial score (nSPS) is 17.9. The standard InChI is InChI=1S/C11H13N3O4S/c15-11-13-9-2-1-8(7-10(9)18-11)19(16,17)14-5-3-12-4-6-14/h1-2,7,12H,3-6H2,(H,13,15). The van der Waals surface area contributed by atoms with E-state index in [-0.39, 0.29) is 10.5 Å². The Morgan fingerprint density at radius 3 is 2.68 bits per heavy atom. The quantitative estimate of drug-likeness (QED) is 0.790. The maximum Gasteiger partial charge on any atom is 0.417 e. The Balaban J connectivity index is 2.04. The van der Waals surface area contributed by atoms with Gasteiger partial charge in [-0.3, -0.25) is 4.98 Å². The molecule has 102 valence electrons. The van der Waals surface area contributed by atoms with E-state index < -0.39 is 15.8 Å². The molecular weight excluding hydrogens is 270 g/mol. The number of hydrogen-bond acceptors (Lipinski definition) is 5. The summed E-state index contributed by atoms with van der Waals surface area (Å²) in [7, 11) is -3.53. The van der Waals surface area contributed by atoms with E-state index in [2.05, 4.69) is 10.3 Å². The molecule has 19 heavy (non-hydrogen) atoms. The van der Waals surface area contributed by atoms with Crippen LogP contribution in [-0.2, 0) is 10.0 Å². The number of benzene rings is 1. The molecule has 1 saturated heterocycles. The summed E-state index contributed by atoms with van der Waals surface area (Å²) in [5.74, 6) is -0.591. The maximum absolute atomic E-state index is 12.4. The lowest BCUT2D eigenvalue weighted by molar-refractivity contribution is 0.360. The molecule has 0 saturated carbocycles. The van der Waals surface area contributed by atoms with Gasteiger partial charge < -0.3 is 9.73 Å². The van der Waals surface area contributed by atoms with E-state index in [0.29, 0.717) is 31.7 Å². The van der Waals surface area contributed by atoms with Crippen LogP contribution in [0.3, 0.4) is 0 Å². The third-order valence-corrected chi connectivity index (χ3v) is 5.00. The van der Waals surface area contributed by atoms with E-state index in [4.69, 9.17) is 4.42 Å². The van der Waals surface area contributed by atoms with Crippen molar-refractivity contribution in [1.29, 1.82) is 0 Å². The average molecular weight is 283 g/mol. The van der Waals surface area contributed by atoms with Gasteiger partial charge in [-0.1, -0.05) is 0 Å². The first-order valence-electron chi connectivity index (χ1n) is 5.91. The van der Waals surface area contributed by atoms with Gasteiger partial charge in [-0.05, 0) is 12.1 Å². The van der Waals surface area contributed by atoms with Crippen molar-refractivity contribution in [3.63, 3.8) is 0 Å². The Hall–Kier alpha value is -1.64. The number of hydrogen-bond donors (Lipinski definition) is 2. The minimum absolute atomic E-state index is 0.143. The number of H-pyrrole nitrogens is 1. The van der Waals surface area contributed by atoms with E-state index in [1.165, 1.54) is 22.5 Å². The smallest absolute Gasteiger partial charge is 0.408 e. The van der Waals surface area contributed by atoms with Gasteiger partial charge in [0, 0.05) is 32.2 Å². The number of sulfonamides is 1. The highest BCUT2D eigenvalue weighted by Crippen LogP contribution is 2.20. The first-order chi connectivity index (χ1) is 9.07. The van der Waals surface area contributed by atoms with Crippen LogP contribution in [0.5, 0.6) is 0 Å². The highest BCUT2D eigenvalue weighted by atomic mass is 32.2. The lowest BCUT2D eigenvalue weighted by Crippen LogP contribution is -2.46. The molecule has 1 aromatic carbocycles. The van der Waals surface area contributed by atoms with Gasteiger partial charge in [0.15, 0.2) is 5.58 Å². The van der Waals surface area contributed by atoms with Crippen LogP contribution in [0.1, 0.15) is 0 Å². The first kappa shape index (κ1) is 12.4. The number of nitrogens with zero attached hydrogens (tertiary/aromatic N) is 1. The molecular formula is C11H13N3O4S. The van der Waals surface area contributed by atoms with Crippen molar-refractivity contribution in [2.75, 3.05) is 26.2 Å². The second kappa shape index (κ2) is 4.48. The van der Waals surface area contributed by atoms with Crippen molar-refractivity contribution >= 4 is 21.1 Å². The highest BCUT2D eigenvalue weighted by molar-refractivity contribution is 7.89. The van der Waals surface area contributed by atoms with Crippen LogP contribution in [0, 0.1) is 0 Å². The number of piperazine rings is 1. The molecule has 7 nitrogen and oxygen atoms in total. The summed E-state index contributed by atoms with van der Waals surface area (Å²) >= 11 is 0. The first-order valence-corrected chi connectivity index (χ1v) is 7.35. The summed E-state index contributed by atoms with van der Waals surface area (Å²) in [6, 6.07) is 4.39. The molecule has 1 aliphatic heterocycles. The lowest BCUT2D eigenvalue weighted by atomic mass is 10.3. The van der Waals surface area contributed by atoms with Gasteiger partial charge in [-0.15, -0.1) is 0 Å². The van der Waals surface area contributed by atoms with Crippen molar-refractivity contribution in [2.24, 2.45) is 0 Å². The van der Waals surface area contributed by atoms with Gasteiger partial charge in [0.25, 0.3) is 0 Å². The van der Waals surface area contributed by atoms with Crippen molar-refractivity contribution < 1.29 is 12.8 Å². The predicted octanol–water partition coefficient (Wildman–Crippen LogP) is -0.285. The minimum Gasteiger partial charge on any atom is -0.408 e. The van der Waals surface area contributed by atoms with E-state index in [0.717, 1.165) is 0 Å². The topological polar surface area (TPSA) is 95.4 Å². The summed E-state index contributed by atoms with van der Waals surface area (Å²) in [5.41, 5.74) is 0.741. The fraction of sp³-hybridized carbons (Fsp3) is 0.364. The molecule has 0 atom stereocenters. The van der Waals surface area contributed by atoms with Crippen molar-refractivity contribution in [3.05, 3.63) is 28.7 Å². The van der Waals surface area contributed by atoms with Gasteiger partial charge in [-0.2, -0.15) is 4.31 Å². The van der Waals surface area contributed by atoms with Crippen molar-refractivity contribution in [2.45, 2.75) is 4.90 Å². The number of aromatic nitrogens is 1. The zero-order valence-electron chi connectivity index (χ0n) is 10.0. The van der Waals surface area contributed by atoms with Crippen LogP contribution in [0.4, 0.5) is 0 Å². The molecule has 1 fully saturated rings. The highest BCUT2D eigenvalue weighted by Gasteiger charge is 2.26. The van der Waals surface area contributed by atoms with Crippen LogP contribution >= 0.6 is 0 Å². The van der Waals surface area contributed by atoms with Crippen LogP contribution < -0.4 is 11.1 Å². The Morgan fingerprint density at radius 1 is 1.21 bits per heavy atom. The number of aromatic amines is 1. The molecule has 0 bridgehead atoms. The zero-order valence-corrected chi connectivity index (χ0v) is 10.9. The molecule has 2 N–H and O–H groups in total. The van der Waals surface area contributed by atoms with Crippen molar-refractivity contribution in [1.82, 2.24) is 14.6 Å². The molecule has 1 aliphatic rings. The van der Waals surface area contributed by atoms with Gasteiger partial charge >= 0.3 is 5.76 Å². The van der Waals surface area contributed by atoms with Gasteiger partial charge in [0.05, 0.1) is 10.4 Å². The Labute approximate surface area is 109 Å². The maximum atomic E-state index is 12.4. The zero-order chi connectivity index (χ0) is 13.5. The van der Waals surface area contributed by atoms with Gasteiger partial charge in [0.1, 0.15) is 0 Å². The van der Waals surface area contributed by atoms with Crippen LogP contribution in [0.25, 0.3) is 11.1 Å². The summed E-state index contributed by atoms with van der Waals surface area (Å²) in [4.78, 5) is 13.7.